The van der Waals surface area contributed by atoms with Crippen LogP contribution in [0.3, 0.4) is 0 Å². The third-order valence-corrected chi connectivity index (χ3v) is 9.04. The molecule has 0 saturated carbocycles. The minimum Gasteiger partial charge on any atom is -0.507 e. The van der Waals surface area contributed by atoms with Crippen LogP contribution in [0.15, 0.2) is 34.7 Å². The maximum absolute atomic E-state index is 11.1. The molecule has 6 rings (SSSR count). The number of hydrogen-bond acceptors (Lipinski definition) is 20. The van der Waals surface area contributed by atoms with Crippen molar-refractivity contribution < 1.29 is 104 Å². The van der Waals surface area contributed by atoms with Crippen LogP contribution in [0.4, 0.5) is 0 Å². The molecular formula is C32H39O21+. The highest BCUT2D eigenvalue weighted by atomic mass is 16.8. The smallest absolute Gasteiger partial charge is 0.402 e. The van der Waals surface area contributed by atoms with Crippen LogP contribution < -0.4 is 9.47 Å². The zero-order valence-corrected chi connectivity index (χ0v) is 27.2. The molecule has 0 spiro atoms. The number of phenolic OH excluding ortho intramolecular Hbond substituents is 4. The first-order valence-corrected chi connectivity index (χ1v) is 16.1. The quantitative estimate of drug-likeness (QED) is 0.0730. The van der Waals surface area contributed by atoms with Gasteiger partial charge in [0.05, 0.1) is 31.5 Å². The summed E-state index contributed by atoms with van der Waals surface area (Å²) in [5, 5.41) is 144. The van der Waals surface area contributed by atoms with Gasteiger partial charge >= 0.3 is 11.3 Å². The molecule has 3 aromatic rings. The number of aromatic hydroxyl groups is 4. The predicted octanol–water partition coefficient (Wildman–Crippen LogP) is -3.98. The van der Waals surface area contributed by atoms with E-state index in [1.54, 1.807) is 0 Å². The minimum absolute atomic E-state index is 0.0820. The summed E-state index contributed by atoms with van der Waals surface area (Å²) in [5.41, 5.74) is -0.378. The maximum atomic E-state index is 11.1. The van der Waals surface area contributed by atoms with Gasteiger partial charge in [-0.25, -0.2) is 4.42 Å². The average Bonchev–Trinajstić information content (AvgIpc) is 3.13. The number of ether oxygens (including phenoxy) is 6. The van der Waals surface area contributed by atoms with E-state index in [1.807, 2.05) is 0 Å². The van der Waals surface area contributed by atoms with Gasteiger partial charge in [0.1, 0.15) is 77.9 Å². The number of fused-ring (bicyclic) bond motifs is 1. The van der Waals surface area contributed by atoms with Crippen molar-refractivity contribution in [3.8, 4) is 45.8 Å². The molecule has 14 atom stereocenters. The number of rotatable bonds is 9. The Labute approximate surface area is 297 Å². The van der Waals surface area contributed by atoms with Crippen LogP contribution in [0, 0.1) is 0 Å². The molecule has 4 heterocycles. The van der Waals surface area contributed by atoms with Crippen LogP contribution in [0.1, 0.15) is 0 Å². The molecule has 14 N–H and O–H groups in total. The Kier molecular flexibility index (Phi) is 11.3. The van der Waals surface area contributed by atoms with Gasteiger partial charge in [-0.1, -0.05) is 0 Å². The van der Waals surface area contributed by atoms with Gasteiger partial charge in [0.25, 0.3) is 0 Å². The van der Waals surface area contributed by atoms with Gasteiger partial charge in [0.15, 0.2) is 29.6 Å². The highest BCUT2D eigenvalue weighted by Crippen LogP contribution is 2.45. The van der Waals surface area contributed by atoms with Gasteiger partial charge in [0.2, 0.25) is 18.3 Å². The average molecular weight is 760 g/mol. The Bertz CT molecular complexity index is 1730. The summed E-state index contributed by atoms with van der Waals surface area (Å²) in [6, 6.07) is 5.20. The van der Waals surface area contributed by atoms with E-state index in [0.717, 1.165) is 24.3 Å². The Hall–Kier alpha value is -3.91. The van der Waals surface area contributed by atoms with E-state index in [-0.39, 0.29) is 28.0 Å². The number of aliphatic hydroxyl groups is 10. The molecule has 3 fully saturated rings. The second-order valence-electron chi connectivity index (χ2n) is 12.6. The van der Waals surface area contributed by atoms with Crippen molar-refractivity contribution >= 4 is 11.0 Å². The fraction of sp³-hybridized carbons (Fsp3) is 0.531. The molecule has 1 aromatic heterocycles. The molecule has 0 amide bonds. The van der Waals surface area contributed by atoms with E-state index >= 15 is 0 Å². The van der Waals surface area contributed by atoms with E-state index in [2.05, 4.69) is 0 Å². The highest BCUT2D eigenvalue weighted by molar-refractivity contribution is 5.89. The van der Waals surface area contributed by atoms with Crippen LogP contribution in [0.2, 0.25) is 0 Å². The highest BCUT2D eigenvalue weighted by Gasteiger charge is 2.51. The van der Waals surface area contributed by atoms with E-state index in [1.165, 1.54) is 6.07 Å². The Morgan fingerprint density at radius 1 is 0.623 bits per heavy atom. The van der Waals surface area contributed by atoms with Crippen LogP contribution >= 0.6 is 0 Å². The van der Waals surface area contributed by atoms with Gasteiger partial charge < -0.3 is 99.9 Å². The predicted molar refractivity (Wildman–Crippen MR) is 168 cm³/mol. The third kappa shape index (κ3) is 7.45. The summed E-state index contributed by atoms with van der Waals surface area (Å²) in [7, 11) is 0. The molecule has 292 valence electrons. The summed E-state index contributed by atoms with van der Waals surface area (Å²) in [4.78, 5) is 0. The fourth-order valence-corrected chi connectivity index (χ4v) is 6.06. The standard InChI is InChI=1S/C32H38O21/c33-6-18-22(41)24(43)27(46)31(51-18)49-16-4-10(35)3-15-11(16)5-17(28(48-15)9-1-12(36)20(39)13(37)2-9)50-32-29(25(44)23(42)19(7-34)52-32)53-30-26(45)21(40)14(38)8-47-30/h1-5,14,18-19,21-27,29-34,38,40-46H,6-8H2,(H3-,35,36,37,39)/p+1/t14-,18?,19?,21?,22-,23-,24+,25?,26-,27?,29?,30+,31-,32-/m1/s1. The van der Waals surface area contributed by atoms with Crippen molar-refractivity contribution in [3.05, 3.63) is 30.3 Å². The Morgan fingerprint density at radius 2 is 1.21 bits per heavy atom. The zero-order valence-electron chi connectivity index (χ0n) is 27.2. The zero-order chi connectivity index (χ0) is 38.5. The maximum Gasteiger partial charge on any atom is 0.402 e. The summed E-state index contributed by atoms with van der Waals surface area (Å²) in [6.07, 6.45) is -24.3. The SMILES string of the molecule is OCC1O[C@@H](Oc2cc3c(O[C@@H]4OC(CO)[C@@H](O)[C@H](O)C4O)cc(O)cc3[o+]c2-c2cc(O)c(O)c(O)c2)C(O[C@@H]2OC[C@@H](O)C(O)[C@H]2O)C(O)[C@@H]1O. The fourth-order valence-electron chi connectivity index (χ4n) is 6.06. The second kappa shape index (κ2) is 15.4. The normalized spacial score (nSPS) is 36.3. The molecule has 53 heavy (non-hydrogen) atoms. The van der Waals surface area contributed by atoms with Crippen LogP contribution in [0.25, 0.3) is 22.3 Å². The van der Waals surface area contributed by atoms with Crippen LogP contribution in [-0.2, 0) is 18.9 Å². The molecule has 3 saturated heterocycles. The van der Waals surface area contributed by atoms with Gasteiger partial charge in [0, 0.05) is 24.3 Å². The number of aliphatic hydroxyl groups excluding tert-OH is 10. The monoisotopic (exact) mass is 759 g/mol. The molecule has 2 aromatic carbocycles. The topological polar surface area (TPSA) is 350 Å². The first kappa shape index (κ1) is 38.8. The van der Waals surface area contributed by atoms with Gasteiger partial charge in [-0.3, -0.25) is 0 Å². The van der Waals surface area contributed by atoms with Gasteiger partial charge in [-0.05, 0) is 0 Å². The largest absolute Gasteiger partial charge is 0.507 e. The van der Waals surface area contributed by atoms with Crippen molar-refractivity contribution in [2.24, 2.45) is 0 Å². The number of phenols is 4. The van der Waals surface area contributed by atoms with Crippen molar-refractivity contribution in [2.75, 3.05) is 19.8 Å². The van der Waals surface area contributed by atoms with Crippen molar-refractivity contribution in [2.45, 2.75) is 86.0 Å². The van der Waals surface area contributed by atoms with E-state index < -0.39 is 135 Å². The van der Waals surface area contributed by atoms with Crippen molar-refractivity contribution in [3.63, 3.8) is 0 Å². The molecule has 3 aliphatic rings. The molecule has 21 heteroatoms. The lowest BCUT2D eigenvalue weighted by molar-refractivity contribution is -0.344. The van der Waals surface area contributed by atoms with E-state index in [0.29, 0.717) is 0 Å². The first-order valence-electron chi connectivity index (χ1n) is 16.1. The molecule has 21 nitrogen and oxygen atoms in total. The Balaban J connectivity index is 1.45. The summed E-state index contributed by atoms with van der Waals surface area (Å²) in [6.45, 7) is -2.15. The first-order chi connectivity index (χ1) is 25.1. The summed E-state index contributed by atoms with van der Waals surface area (Å²) >= 11 is 0. The minimum atomic E-state index is -1.93. The summed E-state index contributed by atoms with van der Waals surface area (Å²) < 4.78 is 40.1. The van der Waals surface area contributed by atoms with Crippen LogP contribution in [0.5, 0.6) is 34.5 Å². The van der Waals surface area contributed by atoms with Crippen molar-refractivity contribution in [1.82, 2.24) is 0 Å². The van der Waals surface area contributed by atoms with Gasteiger partial charge in [-0.15, -0.1) is 0 Å². The lowest BCUT2D eigenvalue weighted by atomic mass is 9.98. The van der Waals surface area contributed by atoms with Crippen LogP contribution in [-0.4, -0.2) is 177 Å². The summed E-state index contributed by atoms with van der Waals surface area (Å²) in [5.74, 6) is -4.11. The number of benzene rings is 2. The molecular weight excluding hydrogens is 720 g/mol. The second-order valence-corrected chi connectivity index (χ2v) is 12.6. The van der Waals surface area contributed by atoms with Gasteiger partial charge in [-0.2, -0.15) is 0 Å². The lowest BCUT2D eigenvalue weighted by Crippen LogP contribution is -2.63. The van der Waals surface area contributed by atoms with E-state index in [4.69, 9.17) is 32.8 Å². The molecule has 6 unspecified atom stereocenters. The van der Waals surface area contributed by atoms with Crippen molar-refractivity contribution in [1.29, 1.82) is 0 Å². The number of hydrogen-bond donors (Lipinski definition) is 14. The van der Waals surface area contributed by atoms with E-state index in [9.17, 15) is 71.5 Å². The molecule has 0 bridgehead atoms. The Morgan fingerprint density at radius 3 is 1.85 bits per heavy atom. The lowest BCUT2D eigenvalue weighted by Gasteiger charge is -2.44. The third-order valence-electron chi connectivity index (χ3n) is 9.04. The molecule has 3 aliphatic heterocycles. The molecule has 0 radical (unpaired) electrons. The molecule has 0 aliphatic carbocycles.